The van der Waals surface area contributed by atoms with Crippen LogP contribution in [0.4, 0.5) is 14.5 Å². The van der Waals surface area contributed by atoms with Crippen LogP contribution < -0.4 is 4.90 Å². The lowest BCUT2D eigenvalue weighted by molar-refractivity contribution is -0.145. The number of piperazine rings is 1. The lowest BCUT2D eigenvalue weighted by atomic mass is 10.2. The first-order valence-electron chi connectivity index (χ1n) is 5.54. The molecule has 0 N–H and O–H groups in total. The molecule has 0 atom stereocenters. The van der Waals surface area contributed by atoms with E-state index in [0.29, 0.717) is 0 Å². The van der Waals surface area contributed by atoms with E-state index in [1.54, 1.807) is 0 Å². The van der Waals surface area contributed by atoms with Crippen LogP contribution in [0.25, 0.3) is 0 Å². The zero-order valence-corrected chi connectivity index (χ0v) is 9.90. The van der Waals surface area contributed by atoms with E-state index in [0.717, 1.165) is 17.0 Å². The number of anilines is 1. The van der Waals surface area contributed by atoms with Crippen LogP contribution in [-0.4, -0.2) is 36.3 Å². The van der Waals surface area contributed by atoms with Gasteiger partial charge in [-0.1, -0.05) is 5.92 Å². The van der Waals surface area contributed by atoms with Crippen molar-refractivity contribution >= 4 is 17.5 Å². The van der Waals surface area contributed by atoms with Gasteiger partial charge in [-0.25, -0.2) is 8.78 Å². The molecule has 0 bridgehead atoms. The number of carbonyl (C=O) groups is 2. The van der Waals surface area contributed by atoms with Crippen LogP contribution in [-0.2, 0) is 9.59 Å². The van der Waals surface area contributed by atoms with E-state index in [9.17, 15) is 18.4 Å². The van der Waals surface area contributed by atoms with E-state index >= 15 is 0 Å². The summed E-state index contributed by atoms with van der Waals surface area (Å²) in [5, 5.41) is 0. The minimum Gasteiger partial charge on any atom is -0.322 e. The predicted molar refractivity (Wildman–Crippen MR) is 64.1 cm³/mol. The van der Waals surface area contributed by atoms with Gasteiger partial charge >= 0.3 is 11.8 Å². The Labute approximate surface area is 108 Å². The molecular weight excluding hydrogens is 254 g/mol. The average Bonchev–Trinajstić information content (AvgIpc) is 2.39. The molecular formula is C13H10F2N2O2. The summed E-state index contributed by atoms with van der Waals surface area (Å²) >= 11 is 0. The first kappa shape index (κ1) is 13.0. The molecule has 98 valence electrons. The topological polar surface area (TPSA) is 40.6 Å². The summed E-state index contributed by atoms with van der Waals surface area (Å²) in [7, 11) is 0. The van der Waals surface area contributed by atoms with E-state index < -0.39 is 23.4 Å². The van der Waals surface area contributed by atoms with E-state index in [1.807, 2.05) is 0 Å². The molecule has 1 heterocycles. The number of hydrogen-bond acceptors (Lipinski definition) is 2. The molecule has 0 spiro atoms. The summed E-state index contributed by atoms with van der Waals surface area (Å²) in [6.45, 7) is 0.501. The predicted octanol–water partition coefficient (Wildman–Crippen LogP) is 0.773. The molecule has 2 rings (SSSR count). The zero-order chi connectivity index (χ0) is 14.0. The molecule has 19 heavy (non-hydrogen) atoms. The summed E-state index contributed by atoms with van der Waals surface area (Å²) in [5.41, 5.74) is 0.151. The van der Waals surface area contributed by atoms with Gasteiger partial charge in [0.15, 0.2) is 11.6 Å². The first-order chi connectivity index (χ1) is 9.04. The van der Waals surface area contributed by atoms with Crippen LogP contribution in [0.2, 0.25) is 0 Å². The Hall–Kier alpha value is -2.42. The first-order valence-corrected chi connectivity index (χ1v) is 5.54. The summed E-state index contributed by atoms with van der Waals surface area (Å²) in [5.74, 6) is -1.33. The van der Waals surface area contributed by atoms with Gasteiger partial charge in [0.25, 0.3) is 0 Å². The molecule has 1 saturated heterocycles. The number of halogens is 2. The minimum absolute atomic E-state index is 0.0518. The molecule has 0 saturated carbocycles. The highest BCUT2D eigenvalue weighted by atomic mass is 19.2. The molecule has 0 aromatic heterocycles. The van der Waals surface area contributed by atoms with Crippen LogP contribution in [0, 0.1) is 24.0 Å². The Morgan fingerprint density at radius 3 is 2.53 bits per heavy atom. The molecule has 0 radical (unpaired) electrons. The smallest absolute Gasteiger partial charge is 0.316 e. The third-order valence-corrected chi connectivity index (χ3v) is 2.81. The van der Waals surface area contributed by atoms with Gasteiger partial charge < -0.3 is 9.80 Å². The van der Waals surface area contributed by atoms with Crippen LogP contribution in [0.15, 0.2) is 18.2 Å². The van der Waals surface area contributed by atoms with Crippen LogP contribution in [0.5, 0.6) is 0 Å². The second kappa shape index (κ2) is 5.06. The van der Waals surface area contributed by atoms with E-state index in [-0.39, 0.29) is 25.3 Å². The van der Waals surface area contributed by atoms with Crippen molar-refractivity contribution in [3.8, 4) is 12.3 Å². The normalized spacial score (nSPS) is 15.6. The second-order valence-corrected chi connectivity index (χ2v) is 3.99. The van der Waals surface area contributed by atoms with Gasteiger partial charge in [-0.3, -0.25) is 9.59 Å². The van der Waals surface area contributed by atoms with Gasteiger partial charge in [-0.15, -0.1) is 6.42 Å². The fourth-order valence-electron chi connectivity index (χ4n) is 1.83. The van der Waals surface area contributed by atoms with Gasteiger partial charge in [0.1, 0.15) is 0 Å². The maximum atomic E-state index is 13.1. The molecule has 1 aromatic carbocycles. The molecule has 2 amide bonds. The number of terminal acetylenes is 1. The standard InChI is InChI=1S/C13H10F2N2O2/c1-2-5-16-6-7-17(13(19)12(16)18)9-3-4-10(14)11(15)8-9/h1,3-4,8H,5-7H2. The minimum atomic E-state index is -1.07. The fraction of sp³-hybridized carbons (Fsp3) is 0.231. The van der Waals surface area contributed by atoms with E-state index in [2.05, 4.69) is 5.92 Å². The van der Waals surface area contributed by atoms with E-state index in [1.165, 1.54) is 11.0 Å². The van der Waals surface area contributed by atoms with Gasteiger partial charge in [-0.2, -0.15) is 0 Å². The molecule has 1 fully saturated rings. The van der Waals surface area contributed by atoms with Crippen molar-refractivity contribution in [3.63, 3.8) is 0 Å². The van der Waals surface area contributed by atoms with Crippen molar-refractivity contribution < 1.29 is 18.4 Å². The summed E-state index contributed by atoms with van der Waals surface area (Å²) in [6, 6.07) is 3.05. The van der Waals surface area contributed by atoms with Crippen molar-refractivity contribution in [2.45, 2.75) is 0 Å². The number of benzene rings is 1. The van der Waals surface area contributed by atoms with Gasteiger partial charge in [0, 0.05) is 24.8 Å². The Morgan fingerprint density at radius 1 is 1.16 bits per heavy atom. The van der Waals surface area contributed by atoms with Crippen molar-refractivity contribution in [2.24, 2.45) is 0 Å². The molecule has 1 aliphatic rings. The molecule has 0 aliphatic carbocycles. The maximum absolute atomic E-state index is 13.1. The van der Waals surface area contributed by atoms with Gasteiger partial charge in [0.2, 0.25) is 0 Å². The molecule has 1 aliphatic heterocycles. The van der Waals surface area contributed by atoms with E-state index in [4.69, 9.17) is 6.42 Å². The van der Waals surface area contributed by atoms with Crippen molar-refractivity contribution in [3.05, 3.63) is 29.8 Å². The Kier molecular flexibility index (Phi) is 3.47. The lowest BCUT2D eigenvalue weighted by Crippen LogP contribution is -2.54. The van der Waals surface area contributed by atoms with Crippen molar-refractivity contribution in [1.82, 2.24) is 4.90 Å². The second-order valence-electron chi connectivity index (χ2n) is 3.99. The Bertz CT molecular complexity index is 580. The van der Waals surface area contributed by atoms with Crippen LogP contribution in [0.1, 0.15) is 0 Å². The molecule has 4 nitrogen and oxygen atoms in total. The SMILES string of the molecule is C#CCN1CCN(c2ccc(F)c(F)c2)C(=O)C1=O. The van der Waals surface area contributed by atoms with Crippen LogP contribution in [0.3, 0.4) is 0 Å². The highest BCUT2D eigenvalue weighted by Crippen LogP contribution is 2.20. The molecule has 6 heteroatoms. The molecule has 1 aromatic rings. The van der Waals surface area contributed by atoms with Crippen LogP contribution >= 0.6 is 0 Å². The Morgan fingerprint density at radius 2 is 1.89 bits per heavy atom. The highest BCUT2D eigenvalue weighted by molar-refractivity contribution is 6.41. The zero-order valence-electron chi connectivity index (χ0n) is 9.90. The lowest BCUT2D eigenvalue weighted by Gasteiger charge is -2.32. The average molecular weight is 264 g/mol. The number of rotatable bonds is 2. The number of hydrogen-bond donors (Lipinski definition) is 0. The monoisotopic (exact) mass is 264 g/mol. The maximum Gasteiger partial charge on any atom is 0.316 e. The van der Waals surface area contributed by atoms with Gasteiger partial charge in [0.05, 0.1) is 6.54 Å². The highest BCUT2D eigenvalue weighted by Gasteiger charge is 2.33. The largest absolute Gasteiger partial charge is 0.322 e. The fourth-order valence-corrected chi connectivity index (χ4v) is 1.83. The summed E-state index contributed by atoms with van der Waals surface area (Å²) in [6.07, 6.45) is 5.09. The molecule has 0 unspecified atom stereocenters. The number of carbonyl (C=O) groups excluding carboxylic acids is 2. The van der Waals surface area contributed by atoms with Gasteiger partial charge in [-0.05, 0) is 12.1 Å². The summed E-state index contributed by atoms with van der Waals surface area (Å²) < 4.78 is 25.9. The number of nitrogens with zero attached hydrogens (tertiary/aromatic N) is 2. The third-order valence-electron chi connectivity index (χ3n) is 2.81. The quantitative estimate of drug-likeness (QED) is 0.585. The Balaban J connectivity index is 2.23. The summed E-state index contributed by atoms with van der Waals surface area (Å²) in [4.78, 5) is 25.9. The van der Waals surface area contributed by atoms with Crippen molar-refractivity contribution in [1.29, 1.82) is 0 Å². The van der Waals surface area contributed by atoms with Crippen molar-refractivity contribution in [2.75, 3.05) is 24.5 Å². The number of amides is 2. The third kappa shape index (κ3) is 2.40.